The third-order valence-electron chi connectivity index (χ3n) is 11.0. The Hall–Kier alpha value is -4.61. The molecule has 2 N–H and O–H groups in total. The average molecular weight is 796 g/mol. The van der Waals surface area contributed by atoms with Crippen LogP contribution in [0.1, 0.15) is 74.0 Å². The monoisotopic (exact) mass is 795 g/mol. The second-order valence-electron chi connectivity index (χ2n) is 14.8. The molecule has 2 aromatic carbocycles. The number of carbonyl (C=O) groups excluding carboxylic acids is 2. The van der Waals surface area contributed by atoms with Gasteiger partial charge in [-0.25, -0.2) is 18.3 Å². The maximum atomic E-state index is 13.7. The molecule has 56 heavy (non-hydrogen) atoms. The first-order chi connectivity index (χ1) is 27.0. The molecule has 13 nitrogen and oxygen atoms in total. The van der Waals surface area contributed by atoms with Crippen LogP contribution in [0.15, 0.2) is 53.6 Å². The summed E-state index contributed by atoms with van der Waals surface area (Å²) in [5, 5.41) is 11.3. The number of ether oxygens (including phenoxy) is 1. The molecular formula is C39H48F3N9O4S. The predicted octanol–water partition coefficient (Wildman–Crippen LogP) is 6.03. The molecule has 2 aliphatic heterocycles. The molecule has 4 aromatic rings. The topological polar surface area (TPSA) is 138 Å². The number of amides is 2. The van der Waals surface area contributed by atoms with Crippen LogP contribution in [-0.2, 0) is 35.5 Å². The normalized spacial score (nSPS) is 18.4. The second-order valence-corrected chi connectivity index (χ2v) is 16.2. The summed E-state index contributed by atoms with van der Waals surface area (Å²) < 4.78 is 63.7. The number of nitrogens with zero attached hydrogens (tertiary/aromatic N) is 7. The standard InChI is InChI=1S/C39H48F3N9O4S/c1-43-38(53)51(16-5-21-52)35-32-11-10-28(23-34(32)48(2)47-35)27-12-17-49(18-13-27)25-26-6-3-9-31(22-26)56(54)50-19-14-29(15-20-50)45-37-44-24-33(39(40,41)42)36(46-37)55-30-7-4-8-30/h3,6,9-11,21-24,27,29-30H,4-5,7-8,12-20,25H2,1-2H3,(H,43,53)(H,44,45,46). The lowest BCUT2D eigenvalue weighted by molar-refractivity contribution is -0.140. The van der Waals surface area contributed by atoms with Crippen molar-refractivity contribution in [1.29, 1.82) is 0 Å². The van der Waals surface area contributed by atoms with Crippen molar-refractivity contribution in [3.63, 3.8) is 0 Å². The van der Waals surface area contributed by atoms with Gasteiger partial charge in [-0.3, -0.25) is 14.5 Å². The Bertz CT molecular complexity index is 2040. The molecule has 3 fully saturated rings. The zero-order valence-corrected chi connectivity index (χ0v) is 32.4. The zero-order chi connectivity index (χ0) is 39.4. The van der Waals surface area contributed by atoms with Crippen LogP contribution in [0, 0.1) is 0 Å². The number of anilines is 2. The molecule has 1 unspecified atom stereocenters. The van der Waals surface area contributed by atoms with Crippen molar-refractivity contribution in [2.45, 2.75) is 87.0 Å². The van der Waals surface area contributed by atoms with E-state index in [0.717, 1.165) is 72.7 Å². The molecule has 2 aromatic heterocycles. The van der Waals surface area contributed by atoms with Gasteiger partial charge >= 0.3 is 12.2 Å². The van der Waals surface area contributed by atoms with Crippen molar-refractivity contribution in [1.82, 2.24) is 34.3 Å². The van der Waals surface area contributed by atoms with Gasteiger partial charge in [-0.15, -0.1) is 0 Å². The number of nitrogens with one attached hydrogen (secondary N) is 2. The molecule has 3 aliphatic rings. The number of urea groups is 1. The Morgan fingerprint density at radius 1 is 1.05 bits per heavy atom. The smallest absolute Gasteiger partial charge is 0.423 e. The third-order valence-corrected chi connectivity index (χ3v) is 12.5. The van der Waals surface area contributed by atoms with Gasteiger partial charge in [-0.05, 0) is 99.3 Å². The van der Waals surface area contributed by atoms with Crippen molar-refractivity contribution in [3.05, 3.63) is 65.4 Å². The summed E-state index contributed by atoms with van der Waals surface area (Å²) >= 11 is 0. The van der Waals surface area contributed by atoms with Gasteiger partial charge in [0.25, 0.3) is 0 Å². The number of aromatic nitrogens is 4. The van der Waals surface area contributed by atoms with E-state index < -0.39 is 28.6 Å². The number of rotatable bonds is 13. The van der Waals surface area contributed by atoms with E-state index in [1.807, 2.05) is 35.6 Å². The van der Waals surface area contributed by atoms with Gasteiger partial charge in [-0.2, -0.15) is 23.3 Å². The number of hydrogen-bond donors (Lipinski definition) is 2. The van der Waals surface area contributed by atoms with E-state index in [1.54, 1.807) is 11.7 Å². The van der Waals surface area contributed by atoms with E-state index in [9.17, 15) is 27.0 Å². The molecule has 300 valence electrons. The summed E-state index contributed by atoms with van der Waals surface area (Å²) in [6.45, 7) is 3.93. The van der Waals surface area contributed by atoms with Crippen molar-refractivity contribution in [3.8, 4) is 5.88 Å². The van der Waals surface area contributed by atoms with Gasteiger partial charge in [0, 0.05) is 64.3 Å². The summed E-state index contributed by atoms with van der Waals surface area (Å²) in [7, 11) is 2.07. The molecule has 1 aliphatic carbocycles. The first-order valence-corrected chi connectivity index (χ1v) is 20.4. The highest BCUT2D eigenvalue weighted by molar-refractivity contribution is 7.82. The molecule has 17 heteroatoms. The number of halogens is 3. The van der Waals surface area contributed by atoms with Crippen LogP contribution in [0.3, 0.4) is 0 Å². The Balaban J connectivity index is 0.913. The van der Waals surface area contributed by atoms with E-state index >= 15 is 0 Å². The van der Waals surface area contributed by atoms with E-state index in [0.29, 0.717) is 50.5 Å². The average Bonchev–Trinajstić information content (AvgIpc) is 3.51. The molecule has 7 rings (SSSR count). The Morgan fingerprint density at radius 3 is 2.50 bits per heavy atom. The van der Waals surface area contributed by atoms with Crippen LogP contribution in [0.2, 0.25) is 0 Å². The Kier molecular flexibility index (Phi) is 12.2. The van der Waals surface area contributed by atoms with Crippen LogP contribution in [0.4, 0.5) is 29.7 Å². The van der Waals surface area contributed by atoms with E-state index in [4.69, 9.17) is 4.74 Å². The molecule has 4 heterocycles. The van der Waals surface area contributed by atoms with Gasteiger partial charge in [0.2, 0.25) is 11.8 Å². The summed E-state index contributed by atoms with van der Waals surface area (Å²) in [4.78, 5) is 36.4. The lowest BCUT2D eigenvalue weighted by Crippen LogP contribution is -2.40. The second kappa shape index (κ2) is 17.3. The number of fused-ring (bicyclic) bond motifs is 1. The molecular weight excluding hydrogens is 748 g/mol. The minimum Gasteiger partial charge on any atom is -0.474 e. The molecule has 0 radical (unpaired) electrons. The minimum atomic E-state index is -4.61. The van der Waals surface area contributed by atoms with E-state index in [1.165, 1.54) is 10.5 Å². The van der Waals surface area contributed by atoms with Gasteiger partial charge < -0.3 is 20.2 Å². The van der Waals surface area contributed by atoms with Gasteiger partial charge in [0.15, 0.2) is 5.82 Å². The number of carbonyl (C=O) groups is 2. The number of benzene rings is 2. The van der Waals surface area contributed by atoms with Gasteiger partial charge in [0.05, 0.1) is 10.4 Å². The lowest BCUT2D eigenvalue weighted by Gasteiger charge is -2.33. The zero-order valence-electron chi connectivity index (χ0n) is 31.6. The number of hydrogen-bond acceptors (Lipinski definition) is 9. The largest absolute Gasteiger partial charge is 0.474 e. The third kappa shape index (κ3) is 8.99. The van der Waals surface area contributed by atoms with Crippen molar-refractivity contribution in [2.75, 3.05) is 50.0 Å². The maximum absolute atomic E-state index is 13.7. The number of likely N-dealkylation sites (tertiary alicyclic amines) is 1. The first kappa shape index (κ1) is 39.6. The number of piperidine rings is 2. The Labute approximate surface area is 326 Å². The fraction of sp³-hybridized carbons (Fsp3) is 0.513. The fourth-order valence-corrected chi connectivity index (χ4v) is 8.92. The molecule has 0 spiro atoms. The molecule has 2 saturated heterocycles. The molecule has 0 bridgehead atoms. The van der Waals surface area contributed by atoms with Gasteiger partial charge in [-0.1, -0.05) is 18.2 Å². The van der Waals surface area contributed by atoms with Crippen LogP contribution in [0.5, 0.6) is 5.88 Å². The molecule has 2 amide bonds. The number of aryl methyl sites for hydroxylation is 1. The van der Waals surface area contributed by atoms with Crippen LogP contribution in [0.25, 0.3) is 10.9 Å². The first-order valence-electron chi connectivity index (χ1n) is 19.3. The molecule has 1 atom stereocenters. The predicted molar refractivity (Wildman–Crippen MR) is 207 cm³/mol. The van der Waals surface area contributed by atoms with Crippen LogP contribution >= 0.6 is 0 Å². The summed E-state index contributed by atoms with van der Waals surface area (Å²) in [6.07, 6.45) is 2.53. The number of aldehydes is 1. The summed E-state index contributed by atoms with van der Waals surface area (Å²) in [5.74, 6) is 0.584. The van der Waals surface area contributed by atoms with Crippen molar-refractivity contribution >= 4 is 46.0 Å². The van der Waals surface area contributed by atoms with Crippen LogP contribution in [-0.4, -0.2) is 97.4 Å². The molecule has 1 saturated carbocycles. The van der Waals surface area contributed by atoms with E-state index in [2.05, 4.69) is 48.8 Å². The maximum Gasteiger partial charge on any atom is 0.423 e. The summed E-state index contributed by atoms with van der Waals surface area (Å²) in [5.41, 5.74) is 2.30. The van der Waals surface area contributed by atoms with Crippen LogP contribution < -0.4 is 20.3 Å². The van der Waals surface area contributed by atoms with Crippen molar-refractivity contribution in [2.24, 2.45) is 7.05 Å². The van der Waals surface area contributed by atoms with Crippen molar-refractivity contribution < 1.29 is 31.7 Å². The van der Waals surface area contributed by atoms with E-state index in [-0.39, 0.29) is 37.1 Å². The fourth-order valence-electron chi connectivity index (χ4n) is 7.63. The Morgan fingerprint density at radius 2 is 1.82 bits per heavy atom. The summed E-state index contributed by atoms with van der Waals surface area (Å²) in [6, 6.07) is 13.9. The lowest BCUT2D eigenvalue weighted by atomic mass is 9.89. The highest BCUT2D eigenvalue weighted by Crippen LogP contribution is 2.38. The highest BCUT2D eigenvalue weighted by atomic mass is 32.2. The highest BCUT2D eigenvalue weighted by Gasteiger charge is 2.38. The minimum absolute atomic E-state index is 0.0760. The SMILES string of the molecule is CNC(=O)N(CCC=O)c1nn(C)c2cc(C3CCN(Cc4cccc(S(=O)N5CCC(Nc6ncc(C(F)(F)F)c(OC7CCC7)n6)CC5)c4)CC3)ccc12. The quantitative estimate of drug-likeness (QED) is 0.156. The van der Waals surface area contributed by atoms with Gasteiger partial charge in [0.1, 0.15) is 28.9 Å². The number of alkyl halides is 3.